The minimum atomic E-state index is -0.336. The predicted molar refractivity (Wildman–Crippen MR) is 57.0 cm³/mol. The van der Waals surface area contributed by atoms with Gasteiger partial charge in [0.05, 0.1) is 16.5 Å². The van der Waals surface area contributed by atoms with Gasteiger partial charge in [0, 0.05) is 11.8 Å². The standard InChI is InChI=1S/C9H7Cl2NO3/c10-2-5(13)7-4(12)1-6-9(8(7)11)15-3-14-6/h1H,2-3,12H2. The van der Waals surface area contributed by atoms with Crippen molar-refractivity contribution in [2.75, 3.05) is 18.4 Å². The van der Waals surface area contributed by atoms with Gasteiger partial charge in [-0.05, 0) is 0 Å². The molecule has 0 aromatic heterocycles. The lowest BCUT2D eigenvalue weighted by atomic mass is 10.1. The molecule has 0 saturated carbocycles. The van der Waals surface area contributed by atoms with Crippen LogP contribution in [0.2, 0.25) is 5.02 Å². The van der Waals surface area contributed by atoms with Gasteiger partial charge in [-0.25, -0.2) is 0 Å². The molecular formula is C9H7Cl2NO3. The van der Waals surface area contributed by atoms with Gasteiger partial charge in [-0.15, -0.1) is 11.6 Å². The van der Waals surface area contributed by atoms with Gasteiger partial charge >= 0.3 is 0 Å². The Balaban J connectivity index is 2.61. The molecule has 0 unspecified atom stereocenters. The minimum absolute atomic E-state index is 0.0764. The first-order valence-corrected chi connectivity index (χ1v) is 5.03. The number of ether oxygens (including phenoxy) is 2. The van der Waals surface area contributed by atoms with Crippen molar-refractivity contribution in [1.29, 1.82) is 0 Å². The molecule has 2 N–H and O–H groups in total. The Kier molecular flexibility index (Phi) is 2.63. The minimum Gasteiger partial charge on any atom is -0.453 e. The Morgan fingerprint density at radius 2 is 2.27 bits per heavy atom. The molecule has 1 aromatic carbocycles. The van der Waals surface area contributed by atoms with Crippen LogP contribution in [-0.4, -0.2) is 18.5 Å². The second kappa shape index (κ2) is 3.79. The predicted octanol–water partition coefficient (Wildman–Crippen LogP) is 2.07. The van der Waals surface area contributed by atoms with Crippen LogP contribution in [0.4, 0.5) is 5.69 Å². The number of rotatable bonds is 2. The van der Waals surface area contributed by atoms with Crippen LogP contribution in [0.15, 0.2) is 6.07 Å². The van der Waals surface area contributed by atoms with E-state index in [1.165, 1.54) is 6.07 Å². The second-order valence-corrected chi connectivity index (χ2v) is 3.59. The number of alkyl halides is 1. The maximum absolute atomic E-state index is 11.5. The van der Waals surface area contributed by atoms with Crippen molar-refractivity contribution in [2.24, 2.45) is 0 Å². The molecule has 0 bridgehead atoms. The van der Waals surface area contributed by atoms with Crippen LogP contribution in [0.25, 0.3) is 0 Å². The zero-order valence-corrected chi connectivity index (χ0v) is 9.06. The summed E-state index contributed by atoms with van der Waals surface area (Å²) in [7, 11) is 0. The van der Waals surface area contributed by atoms with E-state index >= 15 is 0 Å². The van der Waals surface area contributed by atoms with Gasteiger partial charge in [-0.1, -0.05) is 11.6 Å². The molecule has 0 radical (unpaired) electrons. The molecule has 80 valence electrons. The first kappa shape index (κ1) is 10.4. The fraction of sp³-hybridized carbons (Fsp3) is 0.222. The van der Waals surface area contributed by atoms with Crippen molar-refractivity contribution in [3.8, 4) is 11.5 Å². The average Bonchev–Trinajstić information content (AvgIpc) is 2.65. The van der Waals surface area contributed by atoms with E-state index in [-0.39, 0.29) is 34.7 Å². The fourth-order valence-corrected chi connectivity index (χ4v) is 1.87. The average molecular weight is 248 g/mol. The number of anilines is 1. The van der Waals surface area contributed by atoms with Gasteiger partial charge in [-0.3, -0.25) is 4.79 Å². The molecule has 15 heavy (non-hydrogen) atoms. The molecule has 0 fully saturated rings. The van der Waals surface area contributed by atoms with Crippen LogP contribution < -0.4 is 15.2 Å². The van der Waals surface area contributed by atoms with E-state index in [9.17, 15) is 4.79 Å². The summed E-state index contributed by atoms with van der Waals surface area (Å²) in [6.07, 6.45) is 0. The van der Waals surface area contributed by atoms with Crippen LogP contribution in [0.5, 0.6) is 11.5 Å². The molecule has 4 nitrogen and oxygen atoms in total. The molecule has 0 atom stereocenters. The molecule has 0 aliphatic carbocycles. The lowest BCUT2D eigenvalue weighted by Crippen LogP contribution is -2.06. The Labute approximate surface area is 95.9 Å². The first-order chi connectivity index (χ1) is 7.15. The van der Waals surface area contributed by atoms with Crippen molar-refractivity contribution in [2.45, 2.75) is 0 Å². The molecule has 1 aromatic rings. The number of hydrogen-bond donors (Lipinski definition) is 1. The molecule has 1 aliphatic heterocycles. The largest absolute Gasteiger partial charge is 0.453 e. The Morgan fingerprint density at radius 1 is 1.53 bits per heavy atom. The molecule has 1 aliphatic rings. The maximum atomic E-state index is 11.5. The lowest BCUT2D eigenvalue weighted by Gasteiger charge is -2.07. The number of hydrogen-bond acceptors (Lipinski definition) is 4. The highest BCUT2D eigenvalue weighted by molar-refractivity contribution is 6.39. The number of Topliss-reactive ketones (excluding diaryl/α,β-unsaturated/α-hetero) is 1. The number of fused-ring (bicyclic) bond motifs is 1. The summed E-state index contributed by atoms with van der Waals surface area (Å²) in [5.74, 6) is 0.282. The SMILES string of the molecule is Nc1cc2c(c(Cl)c1C(=O)CCl)OCO2. The van der Waals surface area contributed by atoms with Gasteiger partial charge in [0.1, 0.15) is 0 Å². The summed E-state index contributed by atoms with van der Waals surface area (Å²) >= 11 is 11.4. The summed E-state index contributed by atoms with van der Waals surface area (Å²) in [5.41, 5.74) is 6.11. The number of carbonyl (C=O) groups is 1. The highest BCUT2D eigenvalue weighted by Crippen LogP contribution is 2.43. The van der Waals surface area contributed by atoms with Crippen LogP contribution in [0.1, 0.15) is 10.4 Å². The van der Waals surface area contributed by atoms with E-state index in [2.05, 4.69) is 0 Å². The van der Waals surface area contributed by atoms with Crippen molar-refractivity contribution in [3.05, 3.63) is 16.7 Å². The Morgan fingerprint density at radius 3 is 2.93 bits per heavy atom. The quantitative estimate of drug-likeness (QED) is 0.494. The van der Waals surface area contributed by atoms with E-state index in [1.807, 2.05) is 0 Å². The van der Waals surface area contributed by atoms with E-state index < -0.39 is 0 Å². The summed E-state index contributed by atoms with van der Waals surface area (Å²) in [4.78, 5) is 11.5. The van der Waals surface area contributed by atoms with Crippen LogP contribution >= 0.6 is 23.2 Å². The van der Waals surface area contributed by atoms with Gasteiger partial charge < -0.3 is 15.2 Å². The van der Waals surface area contributed by atoms with Crippen molar-refractivity contribution in [3.63, 3.8) is 0 Å². The highest BCUT2D eigenvalue weighted by Gasteiger charge is 2.25. The Hall–Kier alpha value is -1.13. The number of carbonyl (C=O) groups excluding carboxylic acids is 1. The summed E-state index contributed by atoms with van der Waals surface area (Å²) in [6.45, 7) is 0.0764. The van der Waals surface area contributed by atoms with Gasteiger partial charge in [0.2, 0.25) is 6.79 Å². The van der Waals surface area contributed by atoms with Crippen molar-refractivity contribution < 1.29 is 14.3 Å². The third kappa shape index (κ3) is 1.60. The van der Waals surface area contributed by atoms with Gasteiger partial charge in [0.25, 0.3) is 0 Å². The fourth-order valence-electron chi connectivity index (χ4n) is 1.37. The number of nitrogen functional groups attached to an aromatic ring is 1. The Bertz CT molecular complexity index is 434. The number of halogens is 2. The van der Waals surface area contributed by atoms with Gasteiger partial charge in [0.15, 0.2) is 17.3 Å². The number of benzene rings is 1. The third-order valence-electron chi connectivity index (χ3n) is 2.04. The van der Waals surface area contributed by atoms with Crippen molar-refractivity contribution in [1.82, 2.24) is 0 Å². The molecule has 1 heterocycles. The summed E-state index contributed by atoms with van der Waals surface area (Å²) in [5, 5.41) is 0.160. The van der Waals surface area contributed by atoms with E-state index in [0.717, 1.165) is 0 Å². The smallest absolute Gasteiger partial charge is 0.231 e. The molecule has 0 spiro atoms. The monoisotopic (exact) mass is 247 g/mol. The molecule has 2 rings (SSSR count). The second-order valence-electron chi connectivity index (χ2n) is 2.95. The number of nitrogens with two attached hydrogens (primary N) is 1. The summed E-state index contributed by atoms with van der Waals surface area (Å²) < 4.78 is 10.2. The zero-order valence-electron chi connectivity index (χ0n) is 7.55. The molecular weight excluding hydrogens is 241 g/mol. The molecule has 0 saturated heterocycles. The third-order valence-corrected chi connectivity index (χ3v) is 2.64. The lowest BCUT2D eigenvalue weighted by molar-refractivity contribution is 0.102. The molecule has 6 heteroatoms. The number of ketones is 1. The van der Waals surface area contributed by atoms with Crippen LogP contribution in [0, 0.1) is 0 Å². The molecule has 0 amide bonds. The van der Waals surface area contributed by atoms with E-state index in [0.29, 0.717) is 11.5 Å². The van der Waals surface area contributed by atoms with E-state index in [4.69, 9.17) is 38.4 Å². The van der Waals surface area contributed by atoms with Gasteiger partial charge in [-0.2, -0.15) is 0 Å². The van der Waals surface area contributed by atoms with Crippen LogP contribution in [-0.2, 0) is 0 Å². The normalized spacial score (nSPS) is 12.9. The highest BCUT2D eigenvalue weighted by atomic mass is 35.5. The topological polar surface area (TPSA) is 61.6 Å². The van der Waals surface area contributed by atoms with E-state index in [1.54, 1.807) is 0 Å². The van der Waals surface area contributed by atoms with Crippen LogP contribution in [0.3, 0.4) is 0 Å². The summed E-state index contributed by atoms with van der Waals surface area (Å²) in [6, 6.07) is 1.51. The van der Waals surface area contributed by atoms with Crippen molar-refractivity contribution >= 4 is 34.7 Å². The first-order valence-electron chi connectivity index (χ1n) is 4.12. The zero-order chi connectivity index (χ0) is 11.0. The maximum Gasteiger partial charge on any atom is 0.231 e.